The normalized spacial score (nSPS) is 22.5. The summed E-state index contributed by atoms with van der Waals surface area (Å²) in [5.74, 6) is 0.484. The zero-order chi connectivity index (χ0) is 22.9. The van der Waals surface area contributed by atoms with Gasteiger partial charge < -0.3 is 19.7 Å². The van der Waals surface area contributed by atoms with Crippen LogP contribution >= 0.6 is 0 Å². The quantitative estimate of drug-likeness (QED) is 0.705. The van der Waals surface area contributed by atoms with Gasteiger partial charge in [0.25, 0.3) is 5.91 Å². The van der Waals surface area contributed by atoms with Crippen molar-refractivity contribution in [3.63, 3.8) is 0 Å². The Balaban J connectivity index is 1.62. The van der Waals surface area contributed by atoms with Gasteiger partial charge in [-0.15, -0.1) is 0 Å². The Labute approximate surface area is 195 Å². The zero-order valence-electron chi connectivity index (χ0n) is 19.4. The number of amides is 2. The van der Waals surface area contributed by atoms with Crippen LogP contribution in [-0.4, -0.2) is 43.5 Å². The fourth-order valence-corrected chi connectivity index (χ4v) is 5.85. The van der Waals surface area contributed by atoms with Crippen molar-refractivity contribution in [2.45, 2.75) is 62.9 Å². The van der Waals surface area contributed by atoms with Gasteiger partial charge in [0.1, 0.15) is 0 Å². The van der Waals surface area contributed by atoms with Crippen LogP contribution in [0.3, 0.4) is 0 Å². The van der Waals surface area contributed by atoms with Gasteiger partial charge >= 0.3 is 0 Å². The van der Waals surface area contributed by atoms with Crippen LogP contribution in [0, 0.1) is 0 Å². The van der Waals surface area contributed by atoms with Gasteiger partial charge in [-0.2, -0.15) is 0 Å². The number of hydrogen-bond donors (Lipinski definition) is 1. The summed E-state index contributed by atoms with van der Waals surface area (Å²) in [6.45, 7) is 0.599. The van der Waals surface area contributed by atoms with Crippen LogP contribution in [-0.2, 0) is 11.2 Å². The minimum Gasteiger partial charge on any atom is -0.493 e. The van der Waals surface area contributed by atoms with E-state index in [0.717, 1.165) is 43.2 Å². The number of nitrogens with zero attached hydrogens (tertiary/aromatic N) is 1. The molecule has 2 aromatic rings. The monoisotopic (exact) mass is 448 g/mol. The maximum atomic E-state index is 13.9. The van der Waals surface area contributed by atoms with Crippen molar-refractivity contribution in [2.24, 2.45) is 0 Å². The SMILES string of the molecule is COc1cc2c(cc1OC)[C@H](C(=O)NC1CCCCCC1)[C@@H]1c3ccccc3CCN1C2=O. The van der Waals surface area contributed by atoms with Gasteiger partial charge in [-0.1, -0.05) is 49.9 Å². The second-order valence-electron chi connectivity index (χ2n) is 9.36. The van der Waals surface area contributed by atoms with Crippen LogP contribution in [0.4, 0.5) is 0 Å². The zero-order valence-corrected chi connectivity index (χ0v) is 19.4. The summed E-state index contributed by atoms with van der Waals surface area (Å²) in [6, 6.07) is 11.6. The number of carbonyl (C=O) groups excluding carboxylic acids is 2. The summed E-state index contributed by atoms with van der Waals surface area (Å²) < 4.78 is 11.0. The summed E-state index contributed by atoms with van der Waals surface area (Å²) in [5.41, 5.74) is 3.53. The van der Waals surface area contributed by atoms with Crippen molar-refractivity contribution in [2.75, 3.05) is 20.8 Å². The molecular weight excluding hydrogens is 416 g/mol. The van der Waals surface area contributed by atoms with E-state index >= 15 is 0 Å². The van der Waals surface area contributed by atoms with Gasteiger partial charge in [0.05, 0.1) is 26.2 Å². The molecule has 174 valence electrons. The number of methoxy groups -OCH3 is 2. The molecule has 2 aromatic carbocycles. The van der Waals surface area contributed by atoms with Gasteiger partial charge in [0, 0.05) is 18.2 Å². The summed E-state index contributed by atoms with van der Waals surface area (Å²) in [5, 5.41) is 3.37. The highest BCUT2D eigenvalue weighted by atomic mass is 16.5. The number of rotatable bonds is 4. The van der Waals surface area contributed by atoms with Crippen molar-refractivity contribution < 1.29 is 19.1 Å². The van der Waals surface area contributed by atoms with Crippen LogP contribution in [0.15, 0.2) is 36.4 Å². The van der Waals surface area contributed by atoms with E-state index in [-0.39, 0.29) is 23.9 Å². The highest BCUT2D eigenvalue weighted by Crippen LogP contribution is 2.48. The van der Waals surface area contributed by atoms with Crippen LogP contribution in [0.2, 0.25) is 0 Å². The largest absolute Gasteiger partial charge is 0.493 e. The number of hydrogen-bond acceptors (Lipinski definition) is 4. The second-order valence-corrected chi connectivity index (χ2v) is 9.36. The molecule has 2 aliphatic heterocycles. The third-order valence-electron chi connectivity index (χ3n) is 7.51. The van der Waals surface area contributed by atoms with Gasteiger partial charge in [0.15, 0.2) is 11.5 Å². The molecule has 0 bridgehead atoms. The van der Waals surface area contributed by atoms with E-state index in [2.05, 4.69) is 17.4 Å². The Morgan fingerprint density at radius 2 is 1.67 bits per heavy atom. The fourth-order valence-electron chi connectivity index (χ4n) is 5.85. The molecule has 1 aliphatic carbocycles. The van der Waals surface area contributed by atoms with Crippen molar-refractivity contribution in [3.8, 4) is 11.5 Å². The highest BCUT2D eigenvalue weighted by Gasteiger charge is 2.47. The van der Waals surface area contributed by atoms with E-state index in [1.54, 1.807) is 20.3 Å². The summed E-state index contributed by atoms with van der Waals surface area (Å²) in [7, 11) is 3.14. The van der Waals surface area contributed by atoms with E-state index in [4.69, 9.17) is 9.47 Å². The van der Waals surface area contributed by atoms with Gasteiger partial charge in [0.2, 0.25) is 5.91 Å². The average Bonchev–Trinajstić information content (AvgIpc) is 3.12. The molecule has 1 fully saturated rings. The van der Waals surface area contributed by atoms with Crippen molar-refractivity contribution >= 4 is 11.8 Å². The number of nitrogens with one attached hydrogen (secondary N) is 1. The first-order valence-electron chi connectivity index (χ1n) is 12.1. The molecule has 5 rings (SSSR count). The van der Waals surface area contributed by atoms with Crippen molar-refractivity contribution in [1.29, 1.82) is 0 Å². The maximum absolute atomic E-state index is 13.9. The standard InChI is InChI=1S/C27H32N2O4/c1-32-22-15-20-21(16-23(22)33-2)27(31)29-14-13-17-9-7-8-12-19(17)25(29)24(20)26(30)28-18-10-5-3-4-6-11-18/h7-9,12,15-16,18,24-25H,3-6,10-11,13-14H2,1-2H3,(H,28,30)/t24-,25-/m0/s1. The van der Waals surface area contributed by atoms with Crippen LogP contribution in [0.1, 0.15) is 77.5 Å². The molecular formula is C27H32N2O4. The Hall–Kier alpha value is -3.02. The molecule has 1 N–H and O–H groups in total. The predicted octanol–water partition coefficient (Wildman–Crippen LogP) is 4.38. The van der Waals surface area contributed by atoms with Crippen molar-refractivity contribution in [1.82, 2.24) is 10.2 Å². The van der Waals surface area contributed by atoms with Gasteiger partial charge in [-0.3, -0.25) is 9.59 Å². The predicted molar refractivity (Wildman–Crippen MR) is 126 cm³/mol. The molecule has 0 radical (unpaired) electrons. The number of ether oxygens (including phenoxy) is 2. The molecule has 3 aliphatic rings. The lowest BCUT2D eigenvalue weighted by molar-refractivity contribution is -0.125. The first-order chi connectivity index (χ1) is 16.1. The Kier molecular flexibility index (Phi) is 6.00. The lowest BCUT2D eigenvalue weighted by atomic mass is 9.75. The second kappa shape index (κ2) is 9.08. The molecule has 1 saturated carbocycles. The first-order valence-corrected chi connectivity index (χ1v) is 12.1. The molecule has 0 unspecified atom stereocenters. The minimum atomic E-state index is -0.498. The minimum absolute atomic E-state index is 0.00503. The molecule has 6 heteroatoms. The highest BCUT2D eigenvalue weighted by molar-refractivity contribution is 6.02. The average molecular weight is 449 g/mol. The van der Waals surface area contributed by atoms with E-state index in [0.29, 0.717) is 23.6 Å². The van der Waals surface area contributed by atoms with E-state index in [1.807, 2.05) is 23.1 Å². The third kappa shape index (κ3) is 3.85. The molecule has 6 nitrogen and oxygen atoms in total. The van der Waals surface area contributed by atoms with Crippen molar-refractivity contribution in [3.05, 3.63) is 58.7 Å². The fraction of sp³-hybridized carbons (Fsp3) is 0.481. The Bertz CT molecular complexity index is 1060. The number of carbonyl (C=O) groups is 2. The number of benzene rings is 2. The summed E-state index contributed by atoms with van der Waals surface area (Å²) in [4.78, 5) is 29.5. The smallest absolute Gasteiger partial charge is 0.254 e. The van der Waals surface area contributed by atoms with Crippen LogP contribution in [0.5, 0.6) is 11.5 Å². The van der Waals surface area contributed by atoms with Gasteiger partial charge in [-0.25, -0.2) is 0 Å². The van der Waals surface area contributed by atoms with E-state index in [9.17, 15) is 9.59 Å². The molecule has 2 heterocycles. The molecule has 0 saturated heterocycles. The Morgan fingerprint density at radius 1 is 0.970 bits per heavy atom. The van der Waals surface area contributed by atoms with Gasteiger partial charge in [-0.05, 0) is 48.1 Å². The molecule has 0 spiro atoms. The van der Waals surface area contributed by atoms with E-state index < -0.39 is 5.92 Å². The third-order valence-corrected chi connectivity index (χ3v) is 7.51. The first kappa shape index (κ1) is 21.8. The molecule has 2 atom stereocenters. The lowest BCUT2D eigenvalue weighted by Crippen LogP contribution is -2.51. The Morgan fingerprint density at radius 3 is 2.39 bits per heavy atom. The topological polar surface area (TPSA) is 67.9 Å². The molecule has 0 aromatic heterocycles. The number of fused-ring (bicyclic) bond motifs is 4. The maximum Gasteiger partial charge on any atom is 0.254 e. The molecule has 2 amide bonds. The summed E-state index contributed by atoms with van der Waals surface area (Å²) in [6.07, 6.45) is 7.57. The summed E-state index contributed by atoms with van der Waals surface area (Å²) >= 11 is 0. The lowest BCUT2D eigenvalue weighted by Gasteiger charge is -2.45. The van der Waals surface area contributed by atoms with Crippen LogP contribution in [0.25, 0.3) is 0 Å². The van der Waals surface area contributed by atoms with Crippen LogP contribution < -0.4 is 14.8 Å². The van der Waals surface area contributed by atoms with E-state index in [1.165, 1.54) is 18.4 Å². The molecule has 33 heavy (non-hydrogen) atoms.